The van der Waals surface area contributed by atoms with Gasteiger partial charge in [-0.3, -0.25) is 14.2 Å². The van der Waals surface area contributed by atoms with Gasteiger partial charge < -0.3 is 9.64 Å². The Labute approximate surface area is 450 Å². The summed E-state index contributed by atoms with van der Waals surface area (Å²) in [6.07, 6.45) is 9.16. The second-order valence-corrected chi connectivity index (χ2v) is 23.1. The quantitative estimate of drug-likeness (QED) is 0.0865. The van der Waals surface area contributed by atoms with Gasteiger partial charge in [-0.25, -0.2) is 19.9 Å². The molecule has 6 aromatic rings. The van der Waals surface area contributed by atoms with Gasteiger partial charge in [-0.1, -0.05) is 111 Å². The van der Waals surface area contributed by atoms with E-state index in [0.29, 0.717) is 39.3 Å². The van der Waals surface area contributed by atoms with Crippen LogP contribution < -0.4 is 14.3 Å². The number of sulfonamides is 2. The molecule has 4 aromatic heterocycles. The first kappa shape index (κ1) is 59.6. The third-order valence-corrected chi connectivity index (χ3v) is 16.6. The fraction of sp³-hybridized carbons (Fsp3) is 0.382. The van der Waals surface area contributed by atoms with Crippen molar-refractivity contribution in [1.29, 1.82) is 0 Å². The van der Waals surface area contributed by atoms with Crippen molar-refractivity contribution in [2.45, 2.75) is 117 Å². The minimum atomic E-state index is -4.07. The molecule has 5 heterocycles. The number of rotatable bonds is 12. The highest BCUT2D eigenvalue weighted by atomic mass is 35.5. The van der Waals surface area contributed by atoms with Gasteiger partial charge in [-0.2, -0.15) is 30.8 Å². The minimum absolute atomic E-state index is 0.00435. The lowest BCUT2D eigenvalue weighted by Crippen LogP contribution is -2.39. The van der Waals surface area contributed by atoms with Gasteiger partial charge in [0.15, 0.2) is 10.1 Å². The van der Waals surface area contributed by atoms with Crippen molar-refractivity contribution in [3.8, 4) is 22.5 Å². The monoisotopic (exact) mass is 1100 g/mol. The summed E-state index contributed by atoms with van der Waals surface area (Å²) < 4.78 is 74.4. The number of carbonyl (C=O) groups excluding carboxylic acids is 3. The van der Waals surface area contributed by atoms with Gasteiger partial charge in [0.1, 0.15) is 17.5 Å². The third-order valence-electron chi connectivity index (χ3n) is 13.4. The average Bonchev–Trinajstić information content (AvgIpc) is 3.37. The molecule has 2 aliphatic rings. The fourth-order valence-corrected chi connectivity index (χ4v) is 11.2. The first-order valence-electron chi connectivity index (χ1n) is 24.5. The zero-order valence-electron chi connectivity index (χ0n) is 43.5. The maximum Gasteiger partial charge on any atom is 0.373 e. The number of pyridine rings is 4. The molecule has 1 aliphatic heterocycles. The minimum Gasteiger partial charge on any atom is -0.466 e. The lowest BCUT2D eigenvalue weighted by atomic mass is 9.76. The Morgan fingerprint density at radius 3 is 1.49 bits per heavy atom. The number of benzene rings is 2. The van der Waals surface area contributed by atoms with Crippen LogP contribution in [0.3, 0.4) is 0 Å². The van der Waals surface area contributed by atoms with E-state index in [4.69, 9.17) is 37.5 Å². The maximum atomic E-state index is 13.2. The van der Waals surface area contributed by atoms with E-state index in [0.717, 1.165) is 84.6 Å². The number of nitrogens with zero attached hydrogens (tertiary/aromatic N) is 5. The van der Waals surface area contributed by atoms with Crippen molar-refractivity contribution in [2.75, 3.05) is 34.0 Å². The largest absolute Gasteiger partial charge is 0.466 e. The van der Waals surface area contributed by atoms with Crippen molar-refractivity contribution >= 4 is 72.8 Å². The van der Waals surface area contributed by atoms with Gasteiger partial charge in [0.2, 0.25) is 5.95 Å². The van der Waals surface area contributed by atoms with Crippen LogP contribution >= 0.6 is 23.2 Å². The molecular weight excluding hydrogens is 1040 g/mol. The average molecular weight is 1110 g/mol. The lowest BCUT2D eigenvalue weighted by molar-refractivity contribution is -0.191. The number of esters is 1. The van der Waals surface area contributed by atoms with Gasteiger partial charge in [-0.15, -0.1) is 0 Å². The van der Waals surface area contributed by atoms with Crippen LogP contribution in [0.25, 0.3) is 22.5 Å². The second kappa shape index (κ2) is 26.5. The highest BCUT2D eigenvalue weighted by Crippen LogP contribution is 2.38. The molecule has 75 heavy (non-hydrogen) atoms. The van der Waals surface area contributed by atoms with Crippen molar-refractivity contribution in [3.63, 3.8) is 0 Å². The molecule has 2 fully saturated rings. The van der Waals surface area contributed by atoms with Crippen LogP contribution in [0.5, 0.6) is 0 Å². The predicted octanol–water partition coefficient (Wildman–Crippen LogP) is 12.5. The van der Waals surface area contributed by atoms with Crippen LogP contribution in [0.4, 0.5) is 21.8 Å². The molecular formula is C55H64Cl2FN7O8S2. The zero-order valence-corrected chi connectivity index (χ0v) is 46.6. The van der Waals surface area contributed by atoms with E-state index in [1.807, 2.05) is 84.0 Å². The number of carbonyl (C=O) groups is 1. The number of anilines is 3. The number of aromatic nitrogens is 4. The number of hydrogen-bond acceptors (Lipinski definition) is 13. The van der Waals surface area contributed by atoms with Crippen LogP contribution in [0.1, 0.15) is 101 Å². The molecule has 20 heteroatoms. The summed E-state index contributed by atoms with van der Waals surface area (Å²) in [6.45, 7) is 18.5. The molecule has 1 aliphatic carbocycles. The van der Waals surface area contributed by atoms with Crippen molar-refractivity contribution in [1.82, 2.24) is 19.9 Å². The summed E-state index contributed by atoms with van der Waals surface area (Å²) in [6, 6.07) is 26.6. The van der Waals surface area contributed by atoms with E-state index in [1.54, 1.807) is 24.3 Å². The number of aryl methyl sites for hydroxylation is 4. The zero-order chi connectivity index (χ0) is 55.1. The van der Waals surface area contributed by atoms with E-state index in [9.17, 15) is 26.0 Å². The summed E-state index contributed by atoms with van der Waals surface area (Å²) >= 11 is 12.7. The third kappa shape index (κ3) is 15.9. The molecule has 400 valence electrons. The molecule has 0 bridgehead atoms. The molecule has 0 amide bonds. The maximum absolute atomic E-state index is 13.2. The molecule has 0 radical (unpaired) electrons. The Bertz CT molecular complexity index is 3180. The number of nitrogens with one attached hydrogen (secondary N) is 2. The Morgan fingerprint density at radius 1 is 0.640 bits per heavy atom. The Balaban J connectivity index is 0.000000223. The molecule has 15 nitrogen and oxygen atoms in total. The number of piperidine rings is 1. The molecule has 8 rings (SSSR count). The second-order valence-electron chi connectivity index (χ2n) is 19.0. The summed E-state index contributed by atoms with van der Waals surface area (Å²) in [5.74, 6) is 0.0724. The lowest BCUT2D eigenvalue weighted by Gasteiger charge is -2.39. The van der Waals surface area contributed by atoms with Crippen LogP contribution in [0, 0.1) is 44.5 Å². The summed E-state index contributed by atoms with van der Waals surface area (Å²) in [5.41, 5.74) is 6.89. The Hall–Kier alpha value is -6.30. The number of ether oxygens (including phenoxy) is 1. The highest BCUT2D eigenvalue weighted by molar-refractivity contribution is 7.93. The molecule has 1 saturated heterocycles. The van der Waals surface area contributed by atoms with E-state index in [1.165, 1.54) is 43.5 Å². The van der Waals surface area contributed by atoms with E-state index in [2.05, 4.69) is 48.1 Å². The molecule has 0 spiro atoms. The number of halogens is 3. The van der Waals surface area contributed by atoms with E-state index < -0.39 is 31.0 Å². The Kier molecular flexibility index (Phi) is 21.0. The summed E-state index contributed by atoms with van der Waals surface area (Å²) in [7, 11) is -8.00. The molecule has 0 atom stereocenters. The van der Waals surface area contributed by atoms with Gasteiger partial charge in [0.05, 0.1) is 33.5 Å². The van der Waals surface area contributed by atoms with Gasteiger partial charge in [-0.05, 0) is 143 Å². The topological polar surface area (TPSA) is 208 Å². The van der Waals surface area contributed by atoms with Crippen LogP contribution in [-0.4, -0.2) is 68.6 Å². The predicted molar refractivity (Wildman–Crippen MR) is 291 cm³/mol. The van der Waals surface area contributed by atoms with E-state index in [-0.39, 0.29) is 34.2 Å². The number of hydrogen-bond donors (Lipinski definition) is 2. The normalized spacial score (nSPS) is 14.7. The van der Waals surface area contributed by atoms with Gasteiger partial charge in [0, 0.05) is 24.2 Å². The summed E-state index contributed by atoms with van der Waals surface area (Å²) in [5, 5.41) is 0.404. The standard InChI is InChI=1S/C26H31ClN4O2S.C18H15ClFN3O2S.C10H18O2.CO2/c1-5-26(4)14-16-31(17-15-26)22-10-7-11-23(29-22)34(32,33)30-21-13-12-20(27)25(28-21)24-18(2)8-6-9-19(24)3;1-11-5-3-6-12(2)17(11)18-13(19)9-10-15(22-18)23-26(24,25)16-8-4-7-14(20)21-16;1-3-12-9(11)10(2)7-5-4-6-8-10;2-1-3/h6-13H,5,14-17H2,1-4H3,(H,28,30);3-10H,1-2H3,(H,22,23);3-8H2,1-2H3;. The van der Waals surface area contributed by atoms with Gasteiger partial charge in [0.25, 0.3) is 20.0 Å². The molecule has 2 N–H and O–H groups in total. The van der Waals surface area contributed by atoms with Crippen LogP contribution in [0.2, 0.25) is 10.0 Å². The van der Waals surface area contributed by atoms with Crippen LogP contribution in [-0.2, 0) is 39.2 Å². The first-order chi connectivity index (χ1) is 35.5. The molecule has 0 unspecified atom stereocenters. The highest BCUT2D eigenvalue weighted by Gasteiger charge is 2.36. The molecule has 1 saturated carbocycles. The smallest absolute Gasteiger partial charge is 0.373 e. The fourth-order valence-electron chi connectivity index (χ4n) is 8.84. The Morgan fingerprint density at radius 2 is 1.07 bits per heavy atom. The molecule has 2 aromatic carbocycles. The van der Waals surface area contributed by atoms with E-state index >= 15 is 0 Å². The van der Waals surface area contributed by atoms with Crippen molar-refractivity contribution in [3.05, 3.63) is 135 Å². The summed E-state index contributed by atoms with van der Waals surface area (Å²) in [4.78, 5) is 46.7. The first-order valence-corrected chi connectivity index (χ1v) is 28.3. The van der Waals surface area contributed by atoms with Crippen molar-refractivity contribution < 1.29 is 40.3 Å². The SMILES string of the molecule is CCC1(C)CCN(c2cccc(S(=O)(=O)Nc3ccc(Cl)c(-c4c(C)cccc4C)n3)n2)CC1.CCOC(=O)C1(C)CCCCC1.Cc1cccc(C)c1-c1nc(NS(=O)(=O)c2cccc(F)n2)ccc1Cl.O=C=O. The van der Waals surface area contributed by atoms with Gasteiger partial charge >= 0.3 is 12.1 Å². The van der Waals surface area contributed by atoms with Crippen molar-refractivity contribution in [2.24, 2.45) is 10.8 Å². The van der Waals surface area contributed by atoms with Crippen LogP contribution in [0.15, 0.2) is 107 Å².